The lowest BCUT2D eigenvalue weighted by molar-refractivity contribution is -0.137. The molecule has 0 radical (unpaired) electrons. The molecule has 5 heteroatoms. The highest BCUT2D eigenvalue weighted by Crippen LogP contribution is 2.21. The zero-order valence-electron chi connectivity index (χ0n) is 13.4. The topological polar surface area (TPSA) is 58.6 Å². The van der Waals surface area contributed by atoms with Gasteiger partial charge in [0.25, 0.3) is 5.91 Å². The highest BCUT2D eigenvalue weighted by Gasteiger charge is 2.25. The lowest BCUT2D eigenvalue weighted by Crippen LogP contribution is -2.46. The van der Waals surface area contributed by atoms with Crippen LogP contribution < -0.4 is 5.32 Å². The van der Waals surface area contributed by atoms with Gasteiger partial charge in [-0.15, -0.1) is 0 Å². The predicted molar refractivity (Wildman–Crippen MR) is 90.5 cm³/mol. The number of ether oxygens (including phenoxy) is 1. The SMILES string of the molecule is O=C(NCC(=O)N1CCOC(c2ccccc2)C1)c1ccccc1. The molecular formula is C19H20N2O3. The highest BCUT2D eigenvalue weighted by atomic mass is 16.5. The van der Waals surface area contributed by atoms with E-state index in [2.05, 4.69) is 5.32 Å². The number of rotatable bonds is 4. The van der Waals surface area contributed by atoms with E-state index in [1.165, 1.54) is 0 Å². The number of carbonyl (C=O) groups is 2. The molecule has 1 fully saturated rings. The number of benzene rings is 2. The summed E-state index contributed by atoms with van der Waals surface area (Å²) in [5.41, 5.74) is 1.61. The van der Waals surface area contributed by atoms with Gasteiger partial charge in [-0.1, -0.05) is 48.5 Å². The van der Waals surface area contributed by atoms with Crippen molar-refractivity contribution in [2.45, 2.75) is 6.10 Å². The molecule has 24 heavy (non-hydrogen) atoms. The maximum absolute atomic E-state index is 12.4. The molecule has 2 aromatic carbocycles. The predicted octanol–water partition coefficient (Wildman–Crippen LogP) is 2.02. The van der Waals surface area contributed by atoms with Gasteiger partial charge in [-0.05, 0) is 17.7 Å². The van der Waals surface area contributed by atoms with Gasteiger partial charge in [0.2, 0.25) is 5.91 Å². The van der Waals surface area contributed by atoms with Gasteiger partial charge >= 0.3 is 0 Å². The van der Waals surface area contributed by atoms with Crippen molar-refractivity contribution in [3.05, 3.63) is 71.8 Å². The van der Waals surface area contributed by atoms with Crippen molar-refractivity contribution in [3.63, 3.8) is 0 Å². The molecule has 0 bridgehead atoms. The van der Waals surface area contributed by atoms with Crippen molar-refractivity contribution >= 4 is 11.8 Å². The Hall–Kier alpha value is -2.66. The fourth-order valence-corrected chi connectivity index (χ4v) is 2.70. The highest BCUT2D eigenvalue weighted by molar-refractivity contribution is 5.96. The molecule has 3 rings (SSSR count). The standard InChI is InChI=1S/C19H20N2O3/c22-18(13-20-19(23)16-9-5-2-6-10-16)21-11-12-24-17(14-21)15-7-3-1-4-8-15/h1-10,17H,11-14H2,(H,20,23). The van der Waals surface area contributed by atoms with Crippen molar-refractivity contribution in [2.24, 2.45) is 0 Å². The van der Waals surface area contributed by atoms with E-state index < -0.39 is 0 Å². The molecule has 2 amide bonds. The summed E-state index contributed by atoms with van der Waals surface area (Å²) in [6.45, 7) is 1.54. The molecule has 0 aliphatic carbocycles. The number of amides is 2. The zero-order valence-corrected chi connectivity index (χ0v) is 13.4. The van der Waals surface area contributed by atoms with Crippen molar-refractivity contribution in [3.8, 4) is 0 Å². The second-order valence-electron chi connectivity index (χ2n) is 5.66. The van der Waals surface area contributed by atoms with Crippen LogP contribution in [0, 0.1) is 0 Å². The number of nitrogens with one attached hydrogen (secondary N) is 1. The van der Waals surface area contributed by atoms with Gasteiger partial charge < -0.3 is 15.0 Å². The monoisotopic (exact) mass is 324 g/mol. The van der Waals surface area contributed by atoms with Crippen LogP contribution in [-0.4, -0.2) is 43.0 Å². The van der Waals surface area contributed by atoms with E-state index in [4.69, 9.17) is 4.74 Å². The summed E-state index contributed by atoms with van der Waals surface area (Å²) in [6, 6.07) is 18.7. The van der Waals surface area contributed by atoms with E-state index in [9.17, 15) is 9.59 Å². The number of hydrogen-bond donors (Lipinski definition) is 1. The van der Waals surface area contributed by atoms with E-state index in [0.717, 1.165) is 5.56 Å². The minimum absolute atomic E-state index is 0.00472. The number of morpholine rings is 1. The Bertz CT molecular complexity index is 688. The summed E-state index contributed by atoms with van der Waals surface area (Å²) in [5.74, 6) is -0.333. The fraction of sp³-hybridized carbons (Fsp3) is 0.263. The molecule has 1 N–H and O–H groups in total. The van der Waals surface area contributed by atoms with Gasteiger partial charge in [0, 0.05) is 12.1 Å². The van der Waals surface area contributed by atoms with Gasteiger partial charge in [-0.2, -0.15) is 0 Å². The Morgan fingerprint density at radius 3 is 2.42 bits per heavy atom. The van der Waals surface area contributed by atoms with E-state index in [-0.39, 0.29) is 24.5 Å². The van der Waals surface area contributed by atoms with Crippen LogP contribution in [0.3, 0.4) is 0 Å². The van der Waals surface area contributed by atoms with Crippen molar-refractivity contribution in [1.82, 2.24) is 10.2 Å². The Kier molecular flexibility index (Phi) is 5.23. The number of hydrogen-bond acceptors (Lipinski definition) is 3. The molecule has 1 saturated heterocycles. The van der Waals surface area contributed by atoms with Crippen LogP contribution in [-0.2, 0) is 9.53 Å². The third-order valence-electron chi connectivity index (χ3n) is 4.03. The normalized spacial score (nSPS) is 17.3. The van der Waals surface area contributed by atoms with Crippen molar-refractivity contribution in [1.29, 1.82) is 0 Å². The molecule has 1 atom stereocenters. The van der Waals surface area contributed by atoms with Gasteiger partial charge in [0.1, 0.15) is 6.10 Å². The maximum atomic E-state index is 12.4. The molecule has 1 aliphatic rings. The quantitative estimate of drug-likeness (QED) is 0.936. The first kappa shape index (κ1) is 16.2. The summed E-state index contributed by atoms with van der Waals surface area (Å²) in [6.07, 6.45) is -0.117. The van der Waals surface area contributed by atoms with E-state index in [1.807, 2.05) is 36.4 Å². The molecule has 1 unspecified atom stereocenters. The molecular weight excluding hydrogens is 304 g/mol. The zero-order chi connectivity index (χ0) is 16.8. The van der Waals surface area contributed by atoms with Gasteiger partial charge in [-0.25, -0.2) is 0 Å². The van der Waals surface area contributed by atoms with Crippen LogP contribution in [0.15, 0.2) is 60.7 Å². The van der Waals surface area contributed by atoms with Crippen LogP contribution in [0.1, 0.15) is 22.0 Å². The second kappa shape index (κ2) is 7.75. The first-order valence-corrected chi connectivity index (χ1v) is 8.01. The summed E-state index contributed by atoms with van der Waals surface area (Å²) in [7, 11) is 0. The lowest BCUT2D eigenvalue weighted by Gasteiger charge is -2.33. The Morgan fingerprint density at radius 1 is 1.04 bits per heavy atom. The van der Waals surface area contributed by atoms with E-state index in [0.29, 0.717) is 25.3 Å². The summed E-state index contributed by atoms with van der Waals surface area (Å²) in [4.78, 5) is 26.1. The van der Waals surface area contributed by atoms with Crippen LogP contribution in [0.5, 0.6) is 0 Å². The van der Waals surface area contributed by atoms with Gasteiger partial charge in [0.15, 0.2) is 0 Å². The third-order valence-corrected chi connectivity index (χ3v) is 4.03. The van der Waals surface area contributed by atoms with Crippen LogP contribution in [0.4, 0.5) is 0 Å². The summed E-state index contributed by atoms with van der Waals surface area (Å²) in [5, 5.41) is 2.68. The van der Waals surface area contributed by atoms with Crippen LogP contribution in [0.2, 0.25) is 0 Å². The van der Waals surface area contributed by atoms with Crippen molar-refractivity contribution in [2.75, 3.05) is 26.2 Å². The summed E-state index contributed by atoms with van der Waals surface area (Å²) >= 11 is 0. The molecule has 0 saturated carbocycles. The van der Waals surface area contributed by atoms with E-state index in [1.54, 1.807) is 29.2 Å². The molecule has 1 heterocycles. The first-order chi connectivity index (χ1) is 11.7. The van der Waals surface area contributed by atoms with Crippen molar-refractivity contribution < 1.29 is 14.3 Å². The number of carbonyl (C=O) groups excluding carboxylic acids is 2. The molecule has 0 aromatic heterocycles. The van der Waals surface area contributed by atoms with E-state index >= 15 is 0 Å². The molecule has 124 valence electrons. The third kappa shape index (κ3) is 4.00. The molecule has 1 aliphatic heterocycles. The Balaban J connectivity index is 1.54. The maximum Gasteiger partial charge on any atom is 0.251 e. The van der Waals surface area contributed by atoms with Gasteiger partial charge in [-0.3, -0.25) is 9.59 Å². The Morgan fingerprint density at radius 2 is 1.71 bits per heavy atom. The largest absolute Gasteiger partial charge is 0.370 e. The Labute approximate surface area is 141 Å². The lowest BCUT2D eigenvalue weighted by atomic mass is 10.1. The smallest absolute Gasteiger partial charge is 0.251 e. The second-order valence-corrected chi connectivity index (χ2v) is 5.66. The minimum atomic E-state index is -0.239. The minimum Gasteiger partial charge on any atom is -0.370 e. The average Bonchev–Trinajstić information content (AvgIpc) is 2.67. The van der Waals surface area contributed by atoms with Crippen LogP contribution >= 0.6 is 0 Å². The molecule has 0 spiro atoms. The summed E-state index contributed by atoms with van der Waals surface area (Å²) < 4.78 is 5.76. The van der Waals surface area contributed by atoms with Crippen LogP contribution in [0.25, 0.3) is 0 Å². The molecule has 5 nitrogen and oxygen atoms in total. The molecule has 2 aromatic rings. The number of nitrogens with zero attached hydrogens (tertiary/aromatic N) is 1. The fourth-order valence-electron chi connectivity index (χ4n) is 2.70. The first-order valence-electron chi connectivity index (χ1n) is 8.01. The average molecular weight is 324 g/mol. The van der Waals surface area contributed by atoms with Gasteiger partial charge in [0.05, 0.1) is 19.7 Å².